The van der Waals surface area contributed by atoms with Crippen molar-refractivity contribution in [2.24, 2.45) is 0 Å². The van der Waals surface area contributed by atoms with Crippen molar-refractivity contribution in [2.45, 2.75) is 18.4 Å². The Morgan fingerprint density at radius 2 is 1.33 bits per heavy atom. The number of hydrogen-bond acceptors (Lipinski definition) is 6. The van der Waals surface area contributed by atoms with Gasteiger partial charge < -0.3 is 19.9 Å². The number of hydrogen-bond donors (Lipinski definition) is 2. The molecule has 0 bridgehead atoms. The first-order valence-electron chi connectivity index (χ1n) is 13.9. The summed E-state index contributed by atoms with van der Waals surface area (Å²) in [6.45, 7) is 0.0487. The molecule has 0 saturated carbocycles. The van der Waals surface area contributed by atoms with Crippen LogP contribution in [0.1, 0.15) is 43.3 Å². The summed E-state index contributed by atoms with van der Waals surface area (Å²) >= 11 is 0. The molecule has 1 aromatic heterocycles. The average Bonchev–Trinajstić information content (AvgIpc) is 3.67. The molecule has 2 N–H and O–H groups in total. The zero-order valence-electron chi connectivity index (χ0n) is 22.8. The largest absolute Gasteiger partial charge is 0.449 e. The quantitative estimate of drug-likeness (QED) is 0.254. The molecule has 0 spiro atoms. The number of amides is 3. The minimum Gasteiger partial charge on any atom is -0.449 e. The first-order chi connectivity index (χ1) is 21.0. The Hall–Kier alpha value is -5.70. The van der Waals surface area contributed by atoms with Gasteiger partial charge in [0.2, 0.25) is 0 Å². The van der Waals surface area contributed by atoms with Gasteiger partial charge in [0.25, 0.3) is 11.8 Å². The van der Waals surface area contributed by atoms with Gasteiger partial charge >= 0.3 is 12.1 Å². The maximum Gasteiger partial charge on any atom is 0.407 e. The molecule has 9 nitrogen and oxygen atoms in total. The van der Waals surface area contributed by atoms with Crippen LogP contribution in [0.2, 0.25) is 0 Å². The third-order valence-electron chi connectivity index (χ3n) is 7.96. The number of alkyl carbamates (subject to hydrolysis) is 1. The van der Waals surface area contributed by atoms with E-state index in [0.29, 0.717) is 5.06 Å². The van der Waals surface area contributed by atoms with Crippen LogP contribution in [0.3, 0.4) is 0 Å². The van der Waals surface area contributed by atoms with Crippen LogP contribution in [-0.2, 0) is 20.8 Å². The number of carbonyl (C=O) groups excluding carboxylic acids is 4. The van der Waals surface area contributed by atoms with E-state index >= 15 is 0 Å². The van der Waals surface area contributed by atoms with E-state index in [4.69, 9.17) is 9.57 Å². The molecule has 4 aromatic carbocycles. The lowest BCUT2D eigenvalue weighted by Crippen LogP contribution is -2.47. The minimum atomic E-state index is -1.26. The van der Waals surface area contributed by atoms with Crippen molar-refractivity contribution in [3.63, 3.8) is 0 Å². The third-order valence-corrected chi connectivity index (χ3v) is 7.96. The number of aromatic nitrogens is 1. The number of nitrogens with zero attached hydrogens (tertiary/aromatic N) is 1. The Balaban J connectivity index is 1.11. The maximum absolute atomic E-state index is 13.5. The Morgan fingerprint density at radius 1 is 0.767 bits per heavy atom. The number of fused-ring (bicyclic) bond motifs is 5. The summed E-state index contributed by atoms with van der Waals surface area (Å²) in [6.07, 6.45) is 0.939. The van der Waals surface area contributed by atoms with Crippen LogP contribution in [0.5, 0.6) is 0 Å². The van der Waals surface area contributed by atoms with Gasteiger partial charge in [0.05, 0.1) is 11.1 Å². The molecule has 0 fully saturated rings. The molecule has 7 rings (SSSR count). The van der Waals surface area contributed by atoms with Crippen molar-refractivity contribution >= 4 is 34.8 Å². The predicted octanol–water partition coefficient (Wildman–Crippen LogP) is 5.37. The van der Waals surface area contributed by atoms with E-state index in [1.807, 2.05) is 72.8 Å². The molecule has 3 amide bonds. The standard InChI is InChI=1S/C34H25N3O6/c38-31-26-14-5-6-15-27(26)32(39)37(31)43-33(40)30(17-20-18-35-29-16-8-7-9-21(20)29)36-34(41)42-19-28-24-12-3-1-10-22(24)23-11-2-4-13-25(23)28/h1-16,18,28,30,35H,17,19H2,(H,36,41)/t30-/m1/s1. The summed E-state index contributed by atoms with van der Waals surface area (Å²) in [4.78, 5) is 60.8. The van der Waals surface area contributed by atoms with E-state index in [1.165, 1.54) is 12.1 Å². The van der Waals surface area contributed by atoms with E-state index in [-0.39, 0.29) is 30.1 Å². The Morgan fingerprint density at radius 3 is 1.98 bits per heavy atom. The van der Waals surface area contributed by atoms with Crippen LogP contribution >= 0.6 is 0 Å². The normalized spacial score (nSPS) is 14.3. The van der Waals surface area contributed by atoms with E-state index in [9.17, 15) is 19.2 Å². The van der Waals surface area contributed by atoms with Gasteiger partial charge in [-0.3, -0.25) is 9.59 Å². The monoisotopic (exact) mass is 571 g/mol. The lowest BCUT2D eigenvalue weighted by molar-refractivity contribution is -0.171. The predicted molar refractivity (Wildman–Crippen MR) is 157 cm³/mol. The van der Waals surface area contributed by atoms with Crippen LogP contribution in [0.4, 0.5) is 4.79 Å². The van der Waals surface area contributed by atoms with Gasteiger partial charge in [0.1, 0.15) is 12.6 Å². The molecule has 0 saturated heterocycles. The van der Waals surface area contributed by atoms with Crippen molar-refractivity contribution in [2.75, 3.05) is 6.61 Å². The van der Waals surface area contributed by atoms with Crippen molar-refractivity contribution in [3.05, 3.63) is 131 Å². The van der Waals surface area contributed by atoms with Gasteiger partial charge in [-0.1, -0.05) is 83.9 Å². The van der Waals surface area contributed by atoms with Crippen LogP contribution in [0, 0.1) is 0 Å². The Kier molecular flexibility index (Phi) is 6.47. The van der Waals surface area contributed by atoms with Crippen LogP contribution in [0.15, 0.2) is 103 Å². The molecule has 212 valence electrons. The fourth-order valence-electron chi connectivity index (χ4n) is 5.90. The Bertz CT molecular complexity index is 1850. The number of imide groups is 1. The fourth-order valence-corrected chi connectivity index (χ4v) is 5.90. The number of para-hydroxylation sites is 1. The summed E-state index contributed by atoms with van der Waals surface area (Å²) in [5.74, 6) is -2.65. The third kappa shape index (κ3) is 4.61. The van der Waals surface area contributed by atoms with Gasteiger partial charge in [-0.05, 0) is 46.0 Å². The average molecular weight is 572 g/mol. The number of carbonyl (C=O) groups is 4. The number of rotatable bonds is 7. The second-order valence-corrected chi connectivity index (χ2v) is 10.4. The lowest BCUT2D eigenvalue weighted by atomic mass is 9.98. The van der Waals surface area contributed by atoms with E-state index in [1.54, 1.807) is 18.3 Å². The molecule has 9 heteroatoms. The van der Waals surface area contributed by atoms with E-state index < -0.39 is 29.9 Å². The fraction of sp³-hybridized carbons (Fsp3) is 0.118. The second kappa shape index (κ2) is 10.6. The van der Waals surface area contributed by atoms with Crippen molar-refractivity contribution < 1.29 is 28.8 Å². The van der Waals surface area contributed by atoms with Gasteiger partial charge in [0.15, 0.2) is 0 Å². The highest BCUT2D eigenvalue weighted by Crippen LogP contribution is 2.44. The SMILES string of the molecule is O=C(N[C@H](Cc1c[nH]c2ccccc12)C(=O)ON1C(=O)c2ccccc2C1=O)OCC1c2ccccc2-c2ccccc21. The van der Waals surface area contributed by atoms with Crippen LogP contribution in [0.25, 0.3) is 22.0 Å². The van der Waals surface area contributed by atoms with Crippen LogP contribution in [-0.4, -0.2) is 46.6 Å². The molecule has 2 aliphatic rings. The summed E-state index contributed by atoms with van der Waals surface area (Å²) in [6, 6.07) is 28.4. The van der Waals surface area contributed by atoms with Gasteiger partial charge in [0, 0.05) is 29.4 Å². The summed E-state index contributed by atoms with van der Waals surface area (Å²) < 4.78 is 5.68. The topological polar surface area (TPSA) is 118 Å². The van der Waals surface area contributed by atoms with Gasteiger partial charge in [-0.15, -0.1) is 0 Å². The van der Waals surface area contributed by atoms with Crippen molar-refractivity contribution in [1.82, 2.24) is 15.4 Å². The van der Waals surface area contributed by atoms with E-state index in [0.717, 1.165) is 38.7 Å². The molecular formula is C34H25N3O6. The lowest BCUT2D eigenvalue weighted by Gasteiger charge is -2.21. The summed E-state index contributed by atoms with van der Waals surface area (Å²) in [7, 11) is 0. The maximum atomic E-state index is 13.5. The van der Waals surface area contributed by atoms with Crippen LogP contribution < -0.4 is 5.32 Å². The first-order valence-corrected chi connectivity index (χ1v) is 13.9. The second-order valence-electron chi connectivity index (χ2n) is 10.4. The Labute approximate surface area is 246 Å². The number of benzene rings is 4. The number of ether oxygens (including phenoxy) is 1. The molecule has 1 aliphatic heterocycles. The summed E-state index contributed by atoms with van der Waals surface area (Å²) in [5.41, 5.74) is 6.15. The van der Waals surface area contributed by atoms with Crippen molar-refractivity contribution in [3.8, 4) is 11.1 Å². The molecule has 0 unspecified atom stereocenters. The molecule has 1 atom stereocenters. The zero-order chi connectivity index (χ0) is 29.5. The van der Waals surface area contributed by atoms with E-state index in [2.05, 4.69) is 10.3 Å². The van der Waals surface area contributed by atoms with Crippen molar-refractivity contribution in [1.29, 1.82) is 0 Å². The summed E-state index contributed by atoms with van der Waals surface area (Å²) in [5, 5.41) is 3.91. The smallest absolute Gasteiger partial charge is 0.407 e. The number of hydroxylamine groups is 2. The van der Waals surface area contributed by atoms with Gasteiger partial charge in [-0.25, -0.2) is 9.59 Å². The number of aromatic amines is 1. The molecule has 2 heterocycles. The van der Waals surface area contributed by atoms with Gasteiger partial charge in [-0.2, -0.15) is 0 Å². The highest BCUT2D eigenvalue weighted by atomic mass is 16.7. The zero-order valence-corrected chi connectivity index (χ0v) is 22.8. The number of H-pyrrole nitrogens is 1. The molecule has 1 aliphatic carbocycles. The molecular weight excluding hydrogens is 546 g/mol. The molecule has 0 radical (unpaired) electrons. The molecule has 5 aromatic rings. The highest BCUT2D eigenvalue weighted by Gasteiger charge is 2.40. The highest BCUT2D eigenvalue weighted by molar-refractivity contribution is 6.21. The number of nitrogens with one attached hydrogen (secondary N) is 2. The first kappa shape index (κ1) is 26.2. The molecule has 43 heavy (non-hydrogen) atoms. The minimum absolute atomic E-state index is 0.0240.